The zero-order valence-corrected chi connectivity index (χ0v) is 19.4. The Balaban J connectivity index is 0.00000181. The van der Waals surface area contributed by atoms with Gasteiger partial charge < -0.3 is 15.0 Å². The Kier molecular flexibility index (Phi) is 9.23. The summed E-state index contributed by atoms with van der Waals surface area (Å²) in [6.45, 7) is 4.94. The molecule has 2 heterocycles. The standard InChI is InChI=1S/C24H25N5O.2ClH/c25-15-18-4-6-23-22(13-18)19(17-27-23)3-1-2-8-28-9-11-29(12-10-28)21-5-7-24(30)20(14-21)16-26;;/h4-7,13-14,17,27,30H,1-3,8-12H2;2*1H. The summed E-state index contributed by atoms with van der Waals surface area (Å²) >= 11 is 0. The summed E-state index contributed by atoms with van der Waals surface area (Å²) in [5, 5.41) is 29.1. The molecule has 3 aromatic rings. The SMILES string of the molecule is Cl.Cl.N#Cc1ccc2[nH]cc(CCCCN3CCN(c4ccc(O)c(C#N)c4)CC3)c2c1. The number of nitriles is 2. The molecule has 0 unspecified atom stereocenters. The maximum atomic E-state index is 9.68. The van der Waals surface area contributed by atoms with Crippen LogP contribution in [0, 0.1) is 22.7 Å². The Bertz CT molecular complexity index is 1120. The second-order valence-corrected chi connectivity index (χ2v) is 7.79. The number of phenolic OH excluding ortho intramolecular Hbond substituents is 1. The Labute approximate surface area is 200 Å². The van der Waals surface area contributed by atoms with Crippen molar-refractivity contribution >= 4 is 41.4 Å². The molecule has 1 aliphatic heterocycles. The number of nitrogens with one attached hydrogen (secondary N) is 1. The van der Waals surface area contributed by atoms with Gasteiger partial charge in [0.2, 0.25) is 0 Å². The minimum Gasteiger partial charge on any atom is -0.507 e. The van der Waals surface area contributed by atoms with E-state index in [9.17, 15) is 5.11 Å². The highest BCUT2D eigenvalue weighted by atomic mass is 35.5. The van der Waals surface area contributed by atoms with E-state index >= 15 is 0 Å². The van der Waals surface area contributed by atoms with Crippen LogP contribution in [0.5, 0.6) is 5.75 Å². The molecule has 32 heavy (non-hydrogen) atoms. The van der Waals surface area contributed by atoms with Crippen molar-refractivity contribution in [3.8, 4) is 17.9 Å². The smallest absolute Gasteiger partial charge is 0.133 e. The van der Waals surface area contributed by atoms with Crippen LogP contribution in [-0.2, 0) is 6.42 Å². The molecule has 2 N–H and O–H groups in total. The number of fused-ring (bicyclic) bond motifs is 1. The summed E-state index contributed by atoms with van der Waals surface area (Å²) in [4.78, 5) is 8.07. The maximum Gasteiger partial charge on any atom is 0.133 e. The Morgan fingerprint density at radius 1 is 0.938 bits per heavy atom. The number of hydrogen-bond donors (Lipinski definition) is 2. The molecule has 8 heteroatoms. The van der Waals surface area contributed by atoms with Crippen molar-refractivity contribution in [2.45, 2.75) is 19.3 Å². The van der Waals surface area contributed by atoms with Crippen LogP contribution in [0.15, 0.2) is 42.6 Å². The largest absolute Gasteiger partial charge is 0.507 e. The van der Waals surface area contributed by atoms with Gasteiger partial charge in [0.15, 0.2) is 0 Å². The van der Waals surface area contributed by atoms with E-state index < -0.39 is 0 Å². The van der Waals surface area contributed by atoms with Crippen molar-refractivity contribution in [3.63, 3.8) is 0 Å². The number of halogens is 2. The zero-order chi connectivity index (χ0) is 20.9. The predicted molar refractivity (Wildman–Crippen MR) is 132 cm³/mol. The van der Waals surface area contributed by atoms with Gasteiger partial charge in [0.1, 0.15) is 11.8 Å². The summed E-state index contributed by atoms with van der Waals surface area (Å²) in [6, 6.07) is 15.3. The highest BCUT2D eigenvalue weighted by Crippen LogP contribution is 2.25. The fourth-order valence-electron chi connectivity index (χ4n) is 4.15. The van der Waals surface area contributed by atoms with E-state index in [0.717, 1.165) is 68.6 Å². The van der Waals surface area contributed by atoms with Crippen molar-refractivity contribution < 1.29 is 5.11 Å². The number of aryl methyl sites for hydroxylation is 1. The van der Waals surface area contributed by atoms with E-state index in [4.69, 9.17) is 10.5 Å². The first-order valence-corrected chi connectivity index (χ1v) is 10.4. The van der Waals surface area contributed by atoms with Crippen LogP contribution in [0.3, 0.4) is 0 Å². The van der Waals surface area contributed by atoms with Gasteiger partial charge in [-0.3, -0.25) is 4.90 Å². The van der Waals surface area contributed by atoms with Crippen LogP contribution >= 0.6 is 24.8 Å². The van der Waals surface area contributed by atoms with Crippen LogP contribution in [0.2, 0.25) is 0 Å². The lowest BCUT2D eigenvalue weighted by molar-refractivity contribution is 0.253. The molecule has 0 radical (unpaired) electrons. The molecule has 0 atom stereocenters. The van der Waals surface area contributed by atoms with Crippen LogP contribution in [0.25, 0.3) is 10.9 Å². The number of piperazine rings is 1. The Morgan fingerprint density at radius 3 is 2.44 bits per heavy atom. The first-order valence-electron chi connectivity index (χ1n) is 10.4. The average Bonchev–Trinajstić information content (AvgIpc) is 3.19. The van der Waals surface area contributed by atoms with Crippen molar-refractivity contribution in [1.82, 2.24) is 9.88 Å². The van der Waals surface area contributed by atoms with E-state index in [1.165, 1.54) is 5.56 Å². The molecule has 1 saturated heterocycles. The van der Waals surface area contributed by atoms with E-state index in [-0.39, 0.29) is 30.6 Å². The lowest BCUT2D eigenvalue weighted by atomic mass is 10.1. The molecule has 4 rings (SSSR count). The quantitative estimate of drug-likeness (QED) is 0.512. The summed E-state index contributed by atoms with van der Waals surface area (Å²) in [5.41, 5.74) is 4.41. The molecular formula is C24H27Cl2N5O. The van der Waals surface area contributed by atoms with Gasteiger partial charge in [-0.05, 0) is 67.8 Å². The maximum absolute atomic E-state index is 9.68. The molecule has 0 bridgehead atoms. The summed E-state index contributed by atoms with van der Waals surface area (Å²) in [7, 11) is 0. The van der Waals surface area contributed by atoms with Crippen molar-refractivity contribution in [2.75, 3.05) is 37.6 Å². The number of aromatic hydroxyl groups is 1. The number of aromatic nitrogens is 1. The zero-order valence-electron chi connectivity index (χ0n) is 17.8. The number of H-pyrrole nitrogens is 1. The molecule has 0 spiro atoms. The van der Waals surface area contributed by atoms with E-state index in [1.54, 1.807) is 12.1 Å². The number of phenols is 1. The fraction of sp³-hybridized carbons (Fsp3) is 0.333. The van der Waals surface area contributed by atoms with Crippen LogP contribution in [0.1, 0.15) is 29.5 Å². The molecular weight excluding hydrogens is 445 g/mol. The molecule has 1 aromatic heterocycles. The second-order valence-electron chi connectivity index (χ2n) is 7.79. The van der Waals surface area contributed by atoms with Gasteiger partial charge in [0.25, 0.3) is 0 Å². The first kappa shape index (κ1) is 25.4. The second kappa shape index (κ2) is 11.6. The number of aromatic amines is 1. The average molecular weight is 472 g/mol. The lowest BCUT2D eigenvalue weighted by Gasteiger charge is -2.36. The van der Waals surface area contributed by atoms with Crippen LogP contribution in [0.4, 0.5) is 5.69 Å². The molecule has 1 aliphatic rings. The van der Waals surface area contributed by atoms with Gasteiger partial charge in [0.05, 0.1) is 17.2 Å². The number of unbranched alkanes of at least 4 members (excludes halogenated alkanes) is 1. The van der Waals surface area contributed by atoms with Crippen LogP contribution in [-0.4, -0.2) is 47.7 Å². The first-order chi connectivity index (χ1) is 14.7. The van der Waals surface area contributed by atoms with Gasteiger partial charge in [0, 0.05) is 49.0 Å². The number of nitrogens with zero attached hydrogens (tertiary/aromatic N) is 4. The van der Waals surface area contributed by atoms with E-state index in [2.05, 4.69) is 27.0 Å². The Morgan fingerprint density at radius 2 is 1.72 bits per heavy atom. The third-order valence-corrected chi connectivity index (χ3v) is 5.91. The van der Waals surface area contributed by atoms with Crippen molar-refractivity contribution in [2.24, 2.45) is 0 Å². The van der Waals surface area contributed by atoms with Gasteiger partial charge >= 0.3 is 0 Å². The van der Waals surface area contributed by atoms with Gasteiger partial charge in [-0.2, -0.15) is 10.5 Å². The van der Waals surface area contributed by atoms with Crippen molar-refractivity contribution in [3.05, 3.63) is 59.3 Å². The molecule has 168 valence electrons. The summed E-state index contributed by atoms with van der Waals surface area (Å²) < 4.78 is 0. The third kappa shape index (κ3) is 5.66. The summed E-state index contributed by atoms with van der Waals surface area (Å²) in [5.74, 6) is 0.0407. The predicted octanol–water partition coefficient (Wildman–Crippen LogP) is 4.61. The Hall–Kier alpha value is -2.90. The minimum absolute atomic E-state index is 0. The number of hydrogen-bond acceptors (Lipinski definition) is 5. The highest BCUT2D eigenvalue weighted by Gasteiger charge is 2.18. The lowest BCUT2D eigenvalue weighted by Crippen LogP contribution is -2.46. The van der Waals surface area contributed by atoms with E-state index in [0.29, 0.717) is 11.1 Å². The monoisotopic (exact) mass is 471 g/mol. The molecule has 0 amide bonds. The molecule has 0 aliphatic carbocycles. The van der Waals surface area contributed by atoms with Crippen molar-refractivity contribution in [1.29, 1.82) is 10.5 Å². The van der Waals surface area contributed by atoms with Gasteiger partial charge in [-0.25, -0.2) is 0 Å². The van der Waals surface area contributed by atoms with Gasteiger partial charge in [-0.15, -0.1) is 24.8 Å². The number of rotatable bonds is 6. The molecule has 6 nitrogen and oxygen atoms in total. The summed E-state index contributed by atoms with van der Waals surface area (Å²) in [6.07, 6.45) is 5.34. The highest BCUT2D eigenvalue weighted by molar-refractivity contribution is 5.86. The topological polar surface area (TPSA) is 90.1 Å². The number of anilines is 1. The fourth-order valence-corrected chi connectivity index (χ4v) is 4.15. The van der Waals surface area contributed by atoms with E-state index in [1.807, 2.05) is 30.3 Å². The van der Waals surface area contributed by atoms with Gasteiger partial charge in [-0.1, -0.05) is 0 Å². The third-order valence-electron chi connectivity index (χ3n) is 5.91. The molecule has 2 aromatic carbocycles. The minimum atomic E-state index is 0. The van der Waals surface area contributed by atoms with Crippen LogP contribution < -0.4 is 4.90 Å². The molecule has 0 saturated carbocycles. The normalized spacial score (nSPS) is 13.6. The molecule has 1 fully saturated rings. The number of benzene rings is 2.